The molecule has 134 valence electrons. The summed E-state index contributed by atoms with van der Waals surface area (Å²) in [7, 11) is 0. The molecular weight excluding hydrogens is 476 g/mol. The average molecular weight is 494 g/mol. The summed E-state index contributed by atoms with van der Waals surface area (Å²) in [5, 5.41) is 7.75. The number of carbonyl (C=O) groups excluding carboxylic acids is 1. The number of aryl methyl sites for hydroxylation is 1. The Bertz CT molecular complexity index is 848. The van der Waals surface area contributed by atoms with Crippen molar-refractivity contribution in [3.05, 3.63) is 46.0 Å². The highest BCUT2D eigenvalue weighted by molar-refractivity contribution is 9.25. The van der Waals surface area contributed by atoms with Gasteiger partial charge in [0.1, 0.15) is 5.82 Å². The van der Waals surface area contributed by atoms with Gasteiger partial charge in [0.2, 0.25) is 5.91 Å². The van der Waals surface area contributed by atoms with Crippen LogP contribution in [0.25, 0.3) is 0 Å². The third-order valence-electron chi connectivity index (χ3n) is 4.75. The topological polar surface area (TPSA) is 46.9 Å². The third kappa shape index (κ3) is 3.26. The molecule has 1 aromatic carbocycles. The Morgan fingerprint density at radius 1 is 1.44 bits per heavy atom. The maximum absolute atomic E-state index is 14.0. The van der Waals surface area contributed by atoms with E-state index in [-0.39, 0.29) is 21.5 Å². The van der Waals surface area contributed by atoms with Crippen LogP contribution in [0.4, 0.5) is 10.1 Å². The minimum atomic E-state index is -0.525. The number of rotatable bonds is 4. The van der Waals surface area contributed by atoms with Gasteiger partial charge in [-0.1, -0.05) is 49.5 Å². The summed E-state index contributed by atoms with van der Waals surface area (Å²) in [5.41, 5.74) is 1.94. The Morgan fingerprint density at radius 3 is 2.64 bits per heavy atom. The van der Waals surface area contributed by atoms with E-state index in [1.807, 2.05) is 20.8 Å². The van der Waals surface area contributed by atoms with Crippen molar-refractivity contribution in [1.29, 1.82) is 0 Å². The molecule has 1 heterocycles. The number of nitrogens with zero attached hydrogens (tertiary/aromatic N) is 2. The summed E-state index contributed by atoms with van der Waals surface area (Å²) in [6.45, 7) is 5.74. The summed E-state index contributed by atoms with van der Waals surface area (Å²) in [6, 6.07) is 4.58. The highest BCUT2D eigenvalue weighted by atomic mass is 79.9. The van der Waals surface area contributed by atoms with Gasteiger partial charge in [0.05, 0.1) is 32.3 Å². The van der Waals surface area contributed by atoms with Gasteiger partial charge >= 0.3 is 0 Å². The van der Waals surface area contributed by atoms with E-state index in [1.54, 1.807) is 16.8 Å². The van der Waals surface area contributed by atoms with Crippen molar-refractivity contribution >= 4 is 55.1 Å². The quantitative estimate of drug-likeness (QED) is 0.597. The number of nitrogens with one attached hydrogen (secondary N) is 1. The lowest BCUT2D eigenvalue weighted by Crippen LogP contribution is -2.26. The van der Waals surface area contributed by atoms with Gasteiger partial charge in [0, 0.05) is 10.6 Å². The fourth-order valence-electron chi connectivity index (χ4n) is 2.76. The predicted molar refractivity (Wildman–Crippen MR) is 104 cm³/mol. The fourth-order valence-corrected chi connectivity index (χ4v) is 4.47. The van der Waals surface area contributed by atoms with Crippen LogP contribution in [-0.2, 0) is 11.3 Å². The Balaban J connectivity index is 1.86. The number of halogens is 4. The first-order valence-corrected chi connectivity index (χ1v) is 9.69. The molecule has 1 unspecified atom stereocenters. The van der Waals surface area contributed by atoms with Crippen LogP contribution >= 0.6 is 43.5 Å². The number of alkyl halides is 2. The second-order valence-corrected chi connectivity index (χ2v) is 10.7. The summed E-state index contributed by atoms with van der Waals surface area (Å²) in [6.07, 6.45) is 0.697. The van der Waals surface area contributed by atoms with Gasteiger partial charge in [0.25, 0.3) is 0 Å². The number of aromatic nitrogens is 2. The Hall–Kier alpha value is -0.920. The molecule has 1 N–H and O–H groups in total. The molecule has 1 aromatic heterocycles. The fraction of sp³-hybridized carbons (Fsp3) is 0.412. The van der Waals surface area contributed by atoms with Crippen LogP contribution < -0.4 is 5.32 Å². The predicted octanol–water partition coefficient (Wildman–Crippen LogP) is 5.18. The standard InChI is InChI=1S/C17H17Br2ClFN3O/c1-9-14(22-15(25)16(3)8-17(16,18)19)10(2)24(23-9)7-11-12(20)5-4-6-13(11)21/h4-6H,7-8H2,1-3H3,(H,22,25). The minimum absolute atomic E-state index is 0.0871. The molecule has 1 aliphatic rings. The smallest absolute Gasteiger partial charge is 0.232 e. The van der Waals surface area contributed by atoms with Crippen LogP contribution in [0.5, 0.6) is 0 Å². The SMILES string of the molecule is Cc1nn(Cc2c(F)cccc2Cl)c(C)c1NC(=O)C1(C)CC1(Br)Br. The van der Waals surface area contributed by atoms with Crippen molar-refractivity contribution < 1.29 is 9.18 Å². The number of anilines is 1. The lowest BCUT2D eigenvalue weighted by Gasteiger charge is -2.13. The van der Waals surface area contributed by atoms with E-state index in [9.17, 15) is 9.18 Å². The average Bonchev–Trinajstić information content (AvgIpc) is 2.94. The Morgan fingerprint density at radius 2 is 2.08 bits per heavy atom. The number of hydrogen-bond acceptors (Lipinski definition) is 2. The van der Waals surface area contributed by atoms with Crippen molar-refractivity contribution in [1.82, 2.24) is 9.78 Å². The summed E-state index contributed by atoms with van der Waals surface area (Å²) >= 11 is 13.1. The monoisotopic (exact) mass is 491 g/mol. The number of benzene rings is 1. The van der Waals surface area contributed by atoms with Gasteiger partial charge in [-0.15, -0.1) is 0 Å². The zero-order valence-corrected chi connectivity index (χ0v) is 17.9. The molecule has 1 saturated carbocycles. The molecule has 8 heteroatoms. The van der Waals surface area contributed by atoms with Crippen LogP contribution in [-0.4, -0.2) is 18.9 Å². The Labute approximate surface area is 167 Å². The van der Waals surface area contributed by atoms with E-state index >= 15 is 0 Å². The van der Waals surface area contributed by atoms with Gasteiger partial charge in [-0.05, 0) is 39.3 Å². The normalized spacial score (nSPS) is 21.2. The summed E-state index contributed by atoms with van der Waals surface area (Å²) in [4.78, 5) is 12.6. The first-order valence-electron chi connectivity index (χ1n) is 7.73. The van der Waals surface area contributed by atoms with Crippen molar-refractivity contribution in [2.45, 2.75) is 37.0 Å². The highest BCUT2D eigenvalue weighted by Crippen LogP contribution is 2.66. The van der Waals surface area contributed by atoms with Crippen molar-refractivity contribution in [2.75, 3.05) is 5.32 Å². The molecular formula is C17H17Br2ClFN3O. The molecule has 1 amide bonds. The van der Waals surface area contributed by atoms with Crippen LogP contribution in [0, 0.1) is 25.1 Å². The van der Waals surface area contributed by atoms with Crippen LogP contribution in [0.3, 0.4) is 0 Å². The van der Waals surface area contributed by atoms with Crippen molar-refractivity contribution in [3.63, 3.8) is 0 Å². The van der Waals surface area contributed by atoms with E-state index in [0.29, 0.717) is 28.4 Å². The van der Waals surface area contributed by atoms with E-state index < -0.39 is 5.41 Å². The van der Waals surface area contributed by atoms with Crippen LogP contribution in [0.15, 0.2) is 18.2 Å². The molecule has 1 aliphatic carbocycles. The maximum Gasteiger partial charge on any atom is 0.232 e. The zero-order valence-electron chi connectivity index (χ0n) is 14.0. The molecule has 0 radical (unpaired) electrons. The lowest BCUT2D eigenvalue weighted by molar-refractivity contribution is -0.120. The van der Waals surface area contributed by atoms with Gasteiger partial charge in [0.15, 0.2) is 0 Å². The number of amides is 1. The van der Waals surface area contributed by atoms with Crippen LogP contribution in [0.2, 0.25) is 5.02 Å². The largest absolute Gasteiger partial charge is 0.322 e. The highest BCUT2D eigenvalue weighted by Gasteiger charge is 2.66. The van der Waals surface area contributed by atoms with Gasteiger partial charge in [-0.2, -0.15) is 5.10 Å². The van der Waals surface area contributed by atoms with E-state index in [0.717, 1.165) is 5.69 Å². The molecule has 0 saturated heterocycles. The molecule has 0 aliphatic heterocycles. The number of hydrogen-bond donors (Lipinski definition) is 1. The van der Waals surface area contributed by atoms with E-state index in [2.05, 4.69) is 42.3 Å². The summed E-state index contributed by atoms with van der Waals surface area (Å²) in [5.74, 6) is -0.463. The molecule has 4 nitrogen and oxygen atoms in total. The number of carbonyl (C=O) groups is 1. The zero-order chi connectivity index (χ0) is 18.6. The first-order chi connectivity index (χ1) is 11.6. The molecule has 1 atom stereocenters. The van der Waals surface area contributed by atoms with E-state index in [1.165, 1.54) is 6.07 Å². The molecule has 1 fully saturated rings. The summed E-state index contributed by atoms with van der Waals surface area (Å²) < 4.78 is 15.3. The van der Waals surface area contributed by atoms with Gasteiger partial charge in [-0.3, -0.25) is 9.48 Å². The first kappa shape index (κ1) is 18.9. The molecule has 3 rings (SSSR count). The van der Waals surface area contributed by atoms with Crippen LogP contribution in [0.1, 0.15) is 30.3 Å². The van der Waals surface area contributed by atoms with Gasteiger partial charge < -0.3 is 5.32 Å². The maximum atomic E-state index is 14.0. The second-order valence-electron chi connectivity index (χ2n) is 6.57. The second kappa shape index (κ2) is 6.35. The lowest BCUT2D eigenvalue weighted by atomic mass is 10.1. The molecule has 0 bridgehead atoms. The van der Waals surface area contributed by atoms with E-state index in [4.69, 9.17) is 11.6 Å². The molecule has 25 heavy (non-hydrogen) atoms. The third-order valence-corrected chi connectivity index (χ3v) is 7.41. The Kier molecular flexibility index (Phi) is 4.79. The van der Waals surface area contributed by atoms with Gasteiger partial charge in [-0.25, -0.2) is 4.39 Å². The van der Waals surface area contributed by atoms with Crippen molar-refractivity contribution in [2.24, 2.45) is 5.41 Å². The minimum Gasteiger partial charge on any atom is -0.322 e. The molecule has 2 aromatic rings. The molecule has 0 spiro atoms. The van der Waals surface area contributed by atoms with Crippen molar-refractivity contribution in [3.8, 4) is 0 Å².